The standard InChI is InChI=1S/C21H19P/c1-2-21(18-12-6-3-7-13-18)22(19-14-8-4-9-15-19)20-16-10-5-11-17-20/h2-17H,1H3/b21-2+. The third-order valence-corrected chi connectivity index (χ3v) is 6.24. The lowest BCUT2D eigenvalue weighted by atomic mass is 10.2. The maximum atomic E-state index is 2.26. The molecule has 108 valence electrons. The molecule has 0 N–H and O–H groups in total. The fourth-order valence-electron chi connectivity index (χ4n) is 2.62. The summed E-state index contributed by atoms with van der Waals surface area (Å²) in [6.45, 7) is 2.14. The molecule has 0 bridgehead atoms. The molecule has 0 amide bonds. The van der Waals surface area contributed by atoms with Gasteiger partial charge in [-0.25, -0.2) is 0 Å². The molecule has 3 aromatic rings. The van der Waals surface area contributed by atoms with Crippen molar-refractivity contribution >= 4 is 23.8 Å². The predicted molar refractivity (Wildman–Crippen MR) is 99.2 cm³/mol. The van der Waals surface area contributed by atoms with Crippen LogP contribution in [0.2, 0.25) is 0 Å². The maximum Gasteiger partial charge on any atom is -0.0121 e. The number of rotatable bonds is 4. The van der Waals surface area contributed by atoms with E-state index in [9.17, 15) is 0 Å². The van der Waals surface area contributed by atoms with Crippen LogP contribution in [-0.4, -0.2) is 0 Å². The molecular formula is C21H19P. The molecule has 0 radical (unpaired) electrons. The van der Waals surface area contributed by atoms with Crippen LogP contribution in [0.3, 0.4) is 0 Å². The van der Waals surface area contributed by atoms with Gasteiger partial charge in [-0.1, -0.05) is 97.1 Å². The summed E-state index contributed by atoms with van der Waals surface area (Å²) < 4.78 is 0. The van der Waals surface area contributed by atoms with Crippen LogP contribution < -0.4 is 10.6 Å². The molecule has 0 aliphatic rings. The number of benzene rings is 3. The lowest BCUT2D eigenvalue weighted by Crippen LogP contribution is -2.12. The molecule has 0 aliphatic heterocycles. The van der Waals surface area contributed by atoms with Crippen LogP contribution in [0.25, 0.3) is 5.31 Å². The van der Waals surface area contributed by atoms with Crippen LogP contribution in [0.4, 0.5) is 0 Å². The van der Waals surface area contributed by atoms with E-state index in [1.807, 2.05) is 0 Å². The van der Waals surface area contributed by atoms with Gasteiger partial charge in [0.05, 0.1) is 0 Å². The van der Waals surface area contributed by atoms with E-state index in [0.717, 1.165) is 0 Å². The molecule has 1 heteroatoms. The minimum atomic E-state index is -0.530. The van der Waals surface area contributed by atoms with E-state index in [-0.39, 0.29) is 0 Å². The second kappa shape index (κ2) is 7.20. The van der Waals surface area contributed by atoms with E-state index >= 15 is 0 Å². The average Bonchev–Trinajstić information content (AvgIpc) is 2.62. The Morgan fingerprint density at radius 3 is 1.45 bits per heavy atom. The van der Waals surface area contributed by atoms with E-state index < -0.39 is 7.92 Å². The largest absolute Gasteiger partial charge is 0.0787 e. The van der Waals surface area contributed by atoms with Gasteiger partial charge in [-0.15, -0.1) is 0 Å². The van der Waals surface area contributed by atoms with E-state index in [2.05, 4.69) is 104 Å². The second-order valence-electron chi connectivity index (χ2n) is 5.05. The van der Waals surface area contributed by atoms with Crippen molar-refractivity contribution in [3.63, 3.8) is 0 Å². The Morgan fingerprint density at radius 1 is 0.636 bits per heavy atom. The summed E-state index contributed by atoms with van der Waals surface area (Å²) in [7, 11) is -0.530. The van der Waals surface area contributed by atoms with Gasteiger partial charge in [0.15, 0.2) is 0 Å². The number of hydrogen-bond acceptors (Lipinski definition) is 0. The third kappa shape index (κ3) is 3.18. The molecule has 0 saturated heterocycles. The van der Waals surface area contributed by atoms with Gasteiger partial charge < -0.3 is 0 Å². The van der Waals surface area contributed by atoms with Gasteiger partial charge in [0.1, 0.15) is 0 Å². The quantitative estimate of drug-likeness (QED) is 0.582. The van der Waals surface area contributed by atoms with Crippen LogP contribution >= 0.6 is 7.92 Å². The van der Waals surface area contributed by atoms with Gasteiger partial charge in [0.2, 0.25) is 0 Å². The van der Waals surface area contributed by atoms with Crippen molar-refractivity contribution in [2.24, 2.45) is 0 Å². The first-order valence-electron chi connectivity index (χ1n) is 7.52. The first kappa shape index (κ1) is 14.8. The predicted octanol–water partition coefficient (Wildman–Crippen LogP) is 5.18. The molecule has 0 saturated carbocycles. The molecule has 22 heavy (non-hydrogen) atoms. The summed E-state index contributed by atoms with van der Waals surface area (Å²) in [6.07, 6.45) is 2.26. The van der Waals surface area contributed by atoms with E-state index in [1.165, 1.54) is 21.5 Å². The first-order chi connectivity index (χ1) is 10.9. The lowest BCUT2D eigenvalue weighted by molar-refractivity contribution is 1.63. The molecule has 0 nitrogen and oxygen atoms in total. The second-order valence-corrected chi connectivity index (χ2v) is 7.23. The molecule has 3 aromatic carbocycles. The molecule has 0 unspecified atom stereocenters. The van der Waals surface area contributed by atoms with Gasteiger partial charge in [-0.3, -0.25) is 0 Å². The highest BCUT2D eigenvalue weighted by Crippen LogP contribution is 2.48. The summed E-state index contributed by atoms with van der Waals surface area (Å²) in [5.74, 6) is 0. The van der Waals surface area contributed by atoms with Crippen LogP contribution in [0, 0.1) is 0 Å². The highest BCUT2D eigenvalue weighted by Gasteiger charge is 2.19. The van der Waals surface area contributed by atoms with Crippen molar-refractivity contribution < 1.29 is 0 Å². The molecule has 0 spiro atoms. The van der Waals surface area contributed by atoms with Crippen molar-refractivity contribution in [1.29, 1.82) is 0 Å². The van der Waals surface area contributed by atoms with Crippen LogP contribution in [-0.2, 0) is 0 Å². The van der Waals surface area contributed by atoms with Gasteiger partial charge in [0, 0.05) is 0 Å². The molecule has 0 heterocycles. The third-order valence-electron chi connectivity index (χ3n) is 3.61. The average molecular weight is 302 g/mol. The Labute approximate surface area is 133 Å². The summed E-state index contributed by atoms with van der Waals surface area (Å²) in [5.41, 5.74) is 1.31. The molecule has 0 atom stereocenters. The van der Waals surface area contributed by atoms with Crippen molar-refractivity contribution in [1.82, 2.24) is 0 Å². The van der Waals surface area contributed by atoms with Crippen LogP contribution in [0.5, 0.6) is 0 Å². The van der Waals surface area contributed by atoms with Gasteiger partial charge in [-0.2, -0.15) is 0 Å². The summed E-state index contributed by atoms with van der Waals surface area (Å²) >= 11 is 0. The number of allylic oxidation sites excluding steroid dienone is 1. The first-order valence-corrected chi connectivity index (χ1v) is 8.86. The summed E-state index contributed by atoms with van der Waals surface area (Å²) in [5, 5.41) is 4.19. The minimum Gasteiger partial charge on any atom is -0.0787 e. The molecule has 3 rings (SSSR count). The topological polar surface area (TPSA) is 0 Å². The lowest BCUT2D eigenvalue weighted by Gasteiger charge is -2.22. The SMILES string of the molecule is C/C=C(\c1ccccc1)P(c1ccccc1)c1ccccc1. The fraction of sp³-hybridized carbons (Fsp3) is 0.0476. The van der Waals surface area contributed by atoms with Gasteiger partial charge in [0.25, 0.3) is 0 Å². The minimum absolute atomic E-state index is 0.530. The molecular weight excluding hydrogens is 283 g/mol. The van der Waals surface area contributed by atoms with E-state index in [0.29, 0.717) is 0 Å². The molecule has 0 aromatic heterocycles. The molecule has 0 aliphatic carbocycles. The monoisotopic (exact) mass is 302 g/mol. The smallest absolute Gasteiger partial charge is 0.0121 e. The van der Waals surface area contributed by atoms with E-state index in [4.69, 9.17) is 0 Å². The zero-order valence-corrected chi connectivity index (χ0v) is 13.6. The normalized spacial score (nSPS) is 11.6. The van der Waals surface area contributed by atoms with Gasteiger partial charge >= 0.3 is 0 Å². The Kier molecular flexibility index (Phi) is 4.83. The Hall–Kier alpha value is -2.17. The highest BCUT2D eigenvalue weighted by atomic mass is 31.1. The zero-order valence-electron chi connectivity index (χ0n) is 12.7. The Morgan fingerprint density at radius 2 is 1.05 bits per heavy atom. The van der Waals surface area contributed by atoms with Crippen LogP contribution in [0.1, 0.15) is 12.5 Å². The summed E-state index contributed by atoms with van der Waals surface area (Å²) in [4.78, 5) is 0. The fourth-order valence-corrected chi connectivity index (χ4v) is 5.08. The zero-order chi connectivity index (χ0) is 15.2. The van der Waals surface area contributed by atoms with Gasteiger partial charge in [-0.05, 0) is 36.3 Å². The number of hydrogen-bond donors (Lipinski definition) is 0. The van der Waals surface area contributed by atoms with Crippen molar-refractivity contribution in [2.45, 2.75) is 6.92 Å². The van der Waals surface area contributed by atoms with Crippen molar-refractivity contribution in [3.8, 4) is 0 Å². The highest BCUT2D eigenvalue weighted by molar-refractivity contribution is 7.82. The van der Waals surface area contributed by atoms with E-state index in [1.54, 1.807) is 0 Å². The molecule has 0 fully saturated rings. The summed E-state index contributed by atoms with van der Waals surface area (Å²) in [6, 6.07) is 32.4. The van der Waals surface area contributed by atoms with Crippen molar-refractivity contribution in [2.75, 3.05) is 0 Å². The van der Waals surface area contributed by atoms with Crippen molar-refractivity contribution in [3.05, 3.63) is 103 Å². The Balaban J connectivity index is 2.14. The maximum absolute atomic E-state index is 2.26. The Bertz CT molecular complexity index is 691. The van der Waals surface area contributed by atoms with Crippen LogP contribution in [0.15, 0.2) is 97.1 Å².